The van der Waals surface area contributed by atoms with E-state index < -0.39 is 23.1 Å². The van der Waals surface area contributed by atoms with E-state index in [1.165, 1.54) is 35.9 Å². The van der Waals surface area contributed by atoms with Gasteiger partial charge >= 0.3 is 5.69 Å². The minimum absolute atomic E-state index is 0.0411. The Bertz CT molecular complexity index is 1810. The van der Waals surface area contributed by atoms with Gasteiger partial charge in [0.2, 0.25) is 11.9 Å². The standard InChI is InChI=1S/C28H27ClFN7O4/c1-32-24-23(26(40)33(2)28(32)41)36(16-17-5-3-4-6-20(17)29)27(31-24)35-13-11-34(12-14-35)21-15-22(38)37(25(21)39)19-9-7-18(30)8-10-19/h3-10,21H,11-16H2,1-2H3. The van der Waals surface area contributed by atoms with Crippen molar-refractivity contribution in [2.24, 2.45) is 14.1 Å². The minimum atomic E-state index is -0.621. The third kappa shape index (κ3) is 4.52. The minimum Gasteiger partial charge on any atom is -0.340 e. The van der Waals surface area contributed by atoms with Crippen LogP contribution in [-0.2, 0) is 30.2 Å². The summed E-state index contributed by atoms with van der Waals surface area (Å²) < 4.78 is 17.6. The van der Waals surface area contributed by atoms with Gasteiger partial charge in [-0.2, -0.15) is 4.98 Å². The third-order valence-corrected chi connectivity index (χ3v) is 8.23. The molecule has 2 fully saturated rings. The zero-order valence-corrected chi connectivity index (χ0v) is 23.2. The molecule has 0 N–H and O–H groups in total. The van der Waals surface area contributed by atoms with Crippen LogP contribution < -0.4 is 21.0 Å². The van der Waals surface area contributed by atoms with Gasteiger partial charge in [0.15, 0.2) is 11.2 Å². The molecule has 0 saturated carbocycles. The Morgan fingerprint density at radius 2 is 1.61 bits per heavy atom. The van der Waals surface area contributed by atoms with Gasteiger partial charge in [0, 0.05) is 45.3 Å². The monoisotopic (exact) mass is 579 g/mol. The number of carbonyl (C=O) groups excluding carboxylic acids is 2. The maximum absolute atomic E-state index is 13.4. The van der Waals surface area contributed by atoms with Crippen LogP contribution in [0.1, 0.15) is 12.0 Å². The van der Waals surface area contributed by atoms with Crippen molar-refractivity contribution in [3.63, 3.8) is 0 Å². The molecule has 2 saturated heterocycles. The molecule has 1 unspecified atom stereocenters. The second-order valence-electron chi connectivity index (χ2n) is 10.3. The number of aryl methyl sites for hydroxylation is 1. The summed E-state index contributed by atoms with van der Waals surface area (Å²) in [5.74, 6) is -0.592. The maximum Gasteiger partial charge on any atom is 0.332 e. The molecular formula is C28H27ClFN7O4. The zero-order chi connectivity index (χ0) is 29.0. The summed E-state index contributed by atoms with van der Waals surface area (Å²) in [5.41, 5.74) is 0.774. The maximum atomic E-state index is 13.4. The second-order valence-corrected chi connectivity index (χ2v) is 10.7. The lowest BCUT2D eigenvalue weighted by atomic mass is 10.1. The van der Waals surface area contributed by atoms with Crippen molar-refractivity contribution < 1.29 is 14.0 Å². The molecule has 2 amide bonds. The highest BCUT2D eigenvalue weighted by molar-refractivity contribution is 6.31. The van der Waals surface area contributed by atoms with E-state index in [-0.39, 0.29) is 30.4 Å². The molecule has 4 heterocycles. The molecule has 0 aliphatic carbocycles. The lowest BCUT2D eigenvalue weighted by molar-refractivity contribution is -0.123. The van der Waals surface area contributed by atoms with Crippen molar-refractivity contribution in [2.75, 3.05) is 36.0 Å². The van der Waals surface area contributed by atoms with Crippen LogP contribution in [0.25, 0.3) is 11.2 Å². The van der Waals surface area contributed by atoms with Gasteiger partial charge in [0.05, 0.1) is 24.7 Å². The van der Waals surface area contributed by atoms with E-state index >= 15 is 0 Å². The fourth-order valence-electron chi connectivity index (χ4n) is 5.62. The average molecular weight is 580 g/mol. The molecule has 0 bridgehead atoms. The predicted molar refractivity (Wildman–Crippen MR) is 152 cm³/mol. The number of fused-ring (bicyclic) bond motifs is 1. The largest absolute Gasteiger partial charge is 0.340 e. The number of hydrogen-bond donors (Lipinski definition) is 0. The molecule has 2 aliphatic rings. The molecule has 13 heteroatoms. The number of piperazine rings is 1. The van der Waals surface area contributed by atoms with Gasteiger partial charge in [-0.1, -0.05) is 29.8 Å². The average Bonchev–Trinajstić information content (AvgIpc) is 3.49. The number of benzene rings is 2. The Labute approximate surface area is 238 Å². The molecule has 11 nitrogen and oxygen atoms in total. The lowest BCUT2D eigenvalue weighted by Crippen LogP contribution is -2.53. The number of amides is 2. The Morgan fingerprint density at radius 3 is 2.29 bits per heavy atom. The highest BCUT2D eigenvalue weighted by Gasteiger charge is 2.43. The number of anilines is 2. The number of imide groups is 1. The first-order chi connectivity index (χ1) is 19.7. The quantitative estimate of drug-likeness (QED) is 0.332. The number of imidazole rings is 1. The van der Waals surface area contributed by atoms with Crippen molar-refractivity contribution in [3.8, 4) is 0 Å². The number of nitrogens with zero attached hydrogens (tertiary/aromatic N) is 7. The summed E-state index contributed by atoms with van der Waals surface area (Å²) in [7, 11) is 3.01. The van der Waals surface area contributed by atoms with Crippen molar-refractivity contribution in [2.45, 2.75) is 19.0 Å². The number of carbonyl (C=O) groups is 2. The van der Waals surface area contributed by atoms with Gasteiger partial charge in [-0.15, -0.1) is 0 Å². The van der Waals surface area contributed by atoms with E-state index in [0.29, 0.717) is 48.4 Å². The summed E-state index contributed by atoms with van der Waals surface area (Å²) in [6.45, 7) is 2.13. The Morgan fingerprint density at radius 1 is 0.927 bits per heavy atom. The number of hydrogen-bond acceptors (Lipinski definition) is 7. The Kier molecular flexibility index (Phi) is 6.74. The number of rotatable bonds is 5. The Hall–Kier alpha value is -4.29. The highest BCUT2D eigenvalue weighted by atomic mass is 35.5. The summed E-state index contributed by atoms with van der Waals surface area (Å²) in [5, 5.41) is 0.543. The van der Waals surface area contributed by atoms with Crippen LogP contribution in [0.2, 0.25) is 5.02 Å². The fourth-order valence-corrected chi connectivity index (χ4v) is 5.81. The van der Waals surface area contributed by atoms with Crippen molar-refractivity contribution >= 4 is 46.2 Å². The first-order valence-electron chi connectivity index (χ1n) is 13.2. The molecular weight excluding hydrogens is 553 g/mol. The molecule has 2 aromatic carbocycles. The van der Waals surface area contributed by atoms with E-state index in [1.807, 2.05) is 28.0 Å². The fraction of sp³-hybridized carbons (Fsp3) is 0.321. The van der Waals surface area contributed by atoms with Crippen LogP contribution >= 0.6 is 11.6 Å². The summed E-state index contributed by atoms with van der Waals surface area (Å²) in [6.07, 6.45) is 0.0411. The van der Waals surface area contributed by atoms with Crippen LogP contribution in [0, 0.1) is 5.82 Å². The molecule has 2 aliphatic heterocycles. The molecule has 0 spiro atoms. The van der Waals surface area contributed by atoms with Crippen molar-refractivity contribution in [1.82, 2.24) is 23.6 Å². The predicted octanol–water partition coefficient (Wildman–Crippen LogP) is 1.73. The summed E-state index contributed by atoms with van der Waals surface area (Å²) in [4.78, 5) is 61.8. The normalized spacial score (nSPS) is 18.2. The molecule has 1 atom stereocenters. The van der Waals surface area contributed by atoms with Crippen LogP contribution in [0.5, 0.6) is 0 Å². The van der Waals surface area contributed by atoms with Crippen LogP contribution in [0.15, 0.2) is 58.1 Å². The molecule has 41 heavy (non-hydrogen) atoms. The molecule has 2 aromatic heterocycles. The Balaban J connectivity index is 1.30. The van der Waals surface area contributed by atoms with E-state index in [2.05, 4.69) is 0 Å². The van der Waals surface area contributed by atoms with Gasteiger partial charge in [-0.05, 0) is 35.9 Å². The smallest absolute Gasteiger partial charge is 0.332 e. The van der Waals surface area contributed by atoms with E-state index in [4.69, 9.17) is 16.6 Å². The topological polar surface area (TPSA) is 106 Å². The van der Waals surface area contributed by atoms with Crippen molar-refractivity contribution in [3.05, 3.63) is 85.8 Å². The lowest BCUT2D eigenvalue weighted by Gasteiger charge is -2.37. The first-order valence-corrected chi connectivity index (χ1v) is 13.5. The number of halogens is 2. The van der Waals surface area contributed by atoms with E-state index in [0.717, 1.165) is 15.0 Å². The second kappa shape index (κ2) is 10.3. The van der Waals surface area contributed by atoms with Gasteiger partial charge < -0.3 is 4.90 Å². The van der Waals surface area contributed by atoms with Gasteiger partial charge in [0.1, 0.15) is 5.82 Å². The van der Waals surface area contributed by atoms with E-state index in [9.17, 15) is 23.6 Å². The summed E-state index contributed by atoms with van der Waals surface area (Å²) in [6, 6.07) is 12.0. The molecule has 4 aromatic rings. The number of aromatic nitrogens is 4. The van der Waals surface area contributed by atoms with Gasteiger partial charge in [0.25, 0.3) is 11.5 Å². The van der Waals surface area contributed by atoms with Crippen LogP contribution in [-0.4, -0.2) is 67.6 Å². The molecule has 212 valence electrons. The highest BCUT2D eigenvalue weighted by Crippen LogP contribution is 2.29. The van der Waals surface area contributed by atoms with Gasteiger partial charge in [-0.25, -0.2) is 14.1 Å². The van der Waals surface area contributed by atoms with E-state index in [1.54, 1.807) is 17.7 Å². The summed E-state index contributed by atoms with van der Waals surface area (Å²) >= 11 is 6.46. The SMILES string of the molecule is Cn1c(=O)c2c(nc(N3CCN(C4CC(=O)N(c5ccc(F)cc5)C4=O)CC3)n2Cc2ccccc2Cl)n(C)c1=O. The third-order valence-electron chi connectivity index (χ3n) is 7.86. The molecule has 0 radical (unpaired) electrons. The van der Waals surface area contributed by atoms with Gasteiger partial charge in [-0.3, -0.25) is 33.0 Å². The zero-order valence-electron chi connectivity index (χ0n) is 22.5. The van der Waals surface area contributed by atoms with Crippen LogP contribution in [0.3, 0.4) is 0 Å². The molecule has 6 rings (SSSR count). The van der Waals surface area contributed by atoms with Crippen molar-refractivity contribution in [1.29, 1.82) is 0 Å². The van der Waals surface area contributed by atoms with Crippen LogP contribution in [0.4, 0.5) is 16.0 Å². The first kappa shape index (κ1) is 26.9.